The molecule has 0 aliphatic heterocycles. The topological polar surface area (TPSA) is 35.9 Å². The summed E-state index contributed by atoms with van der Waals surface area (Å²) in [5, 5.41) is 5.76. The van der Waals surface area contributed by atoms with Crippen LogP contribution in [0.4, 0.5) is 5.69 Å². The average molecular weight is 480 g/mol. The first-order valence-electron chi connectivity index (χ1n) is 10.4. The number of hydrogen-bond donors (Lipinski definition) is 0. The Morgan fingerprint density at radius 1 is 1.07 bits per heavy atom. The third kappa shape index (κ3) is 7.84. The number of carbonyl (C=O) groups excluding carboxylic acids is 1. The molecule has 0 saturated carbocycles. The third-order valence-electron chi connectivity index (χ3n) is 4.78. The number of anilines is 1. The van der Waals surface area contributed by atoms with Crippen LogP contribution >= 0.6 is 0 Å². The minimum atomic E-state index is -2.32. The number of nitrogens with zero attached hydrogens (tertiary/aromatic N) is 3. The van der Waals surface area contributed by atoms with E-state index in [2.05, 4.69) is 56.9 Å². The fourth-order valence-electron chi connectivity index (χ4n) is 3.01. The van der Waals surface area contributed by atoms with E-state index in [0.29, 0.717) is 6.42 Å². The van der Waals surface area contributed by atoms with Crippen LogP contribution in [0.3, 0.4) is 0 Å². The average Bonchev–Trinajstić information content (AvgIpc) is 2.64. The number of amides is 1. The summed E-state index contributed by atoms with van der Waals surface area (Å²) in [5.41, 5.74) is 2.51. The predicted octanol–water partition coefficient (Wildman–Crippen LogP) is 4.84. The zero-order valence-corrected chi connectivity index (χ0v) is 21.4. The summed E-state index contributed by atoms with van der Waals surface area (Å²) in [4.78, 5) is 21.7. The van der Waals surface area contributed by atoms with E-state index >= 15 is 0 Å². The summed E-state index contributed by atoms with van der Waals surface area (Å²) >= 11 is -2.32. The van der Waals surface area contributed by atoms with Gasteiger partial charge in [0.05, 0.1) is 0 Å². The van der Waals surface area contributed by atoms with E-state index < -0.39 is 18.4 Å². The summed E-state index contributed by atoms with van der Waals surface area (Å²) in [5.74, 6) is 0.0309. The Bertz CT molecular complexity index is 614. The molecular weight excluding hydrogens is 441 g/mol. The summed E-state index contributed by atoms with van der Waals surface area (Å²) in [7, 11) is 1.72. The molecule has 0 atom stereocenters. The van der Waals surface area contributed by atoms with Crippen LogP contribution in [0, 0.1) is 0 Å². The first kappa shape index (κ1) is 24.0. The monoisotopic (exact) mass is 481 g/mol. The Morgan fingerprint density at radius 3 is 2.15 bits per heavy atom. The molecular formula is C22H39N3OSn. The van der Waals surface area contributed by atoms with E-state index in [0.717, 1.165) is 18.7 Å². The maximum absolute atomic E-state index is 11.7. The van der Waals surface area contributed by atoms with E-state index in [-0.39, 0.29) is 5.91 Å². The number of hydrazone groups is 1. The Labute approximate surface area is 170 Å². The number of carbonyl (C=O) groups is 1. The molecule has 0 N–H and O–H groups in total. The zero-order chi connectivity index (χ0) is 20.4. The maximum atomic E-state index is 11.7. The van der Waals surface area contributed by atoms with Gasteiger partial charge in [-0.15, -0.1) is 0 Å². The molecule has 0 bridgehead atoms. The molecule has 1 aromatic rings. The molecule has 0 fully saturated rings. The fourth-order valence-corrected chi connectivity index (χ4v) is 7.60. The molecule has 0 aromatic heterocycles. The van der Waals surface area contributed by atoms with Crippen molar-refractivity contribution in [2.75, 3.05) is 25.0 Å². The van der Waals surface area contributed by atoms with Gasteiger partial charge in [0.25, 0.3) is 0 Å². The quantitative estimate of drug-likeness (QED) is 0.258. The van der Waals surface area contributed by atoms with Gasteiger partial charge < -0.3 is 0 Å². The molecule has 0 aliphatic carbocycles. The van der Waals surface area contributed by atoms with E-state index in [1.54, 1.807) is 10.6 Å². The standard InChI is InChI=1S/C19H30N3O.3CH3.Sn/c1-5-8-14-22(15-9-6-2)18-12-10-17(11-13-18)16-20-21(4)19(23)7-3;;;;/h10-12,16H,5-9,14-15H2,1-4H3;3*1H3;. The van der Waals surface area contributed by atoms with Crippen LogP contribution in [0.5, 0.6) is 0 Å². The van der Waals surface area contributed by atoms with Gasteiger partial charge in [-0.25, -0.2) is 0 Å². The van der Waals surface area contributed by atoms with E-state index in [9.17, 15) is 4.79 Å². The normalized spacial score (nSPS) is 11.8. The van der Waals surface area contributed by atoms with Gasteiger partial charge in [-0.3, -0.25) is 0 Å². The second-order valence-corrected chi connectivity index (χ2v) is 22.6. The molecule has 152 valence electrons. The van der Waals surface area contributed by atoms with Gasteiger partial charge in [-0.2, -0.15) is 0 Å². The second-order valence-electron chi connectivity index (χ2n) is 8.24. The second kappa shape index (κ2) is 11.7. The van der Waals surface area contributed by atoms with E-state index in [4.69, 9.17) is 0 Å². The van der Waals surface area contributed by atoms with Crippen LogP contribution in [0.2, 0.25) is 14.8 Å². The van der Waals surface area contributed by atoms with Crippen molar-refractivity contribution in [2.45, 2.75) is 67.7 Å². The fraction of sp³-hybridized carbons (Fsp3) is 0.636. The Balaban J connectivity index is 3.21. The minimum absolute atomic E-state index is 0.0309. The summed E-state index contributed by atoms with van der Waals surface area (Å²) in [6.45, 7) is 8.64. The van der Waals surface area contributed by atoms with Gasteiger partial charge in [0.2, 0.25) is 0 Å². The van der Waals surface area contributed by atoms with Crippen LogP contribution in [0.15, 0.2) is 23.3 Å². The van der Waals surface area contributed by atoms with Crippen molar-refractivity contribution in [1.29, 1.82) is 0 Å². The van der Waals surface area contributed by atoms with Crippen molar-refractivity contribution in [2.24, 2.45) is 5.10 Å². The van der Waals surface area contributed by atoms with Crippen molar-refractivity contribution in [3.63, 3.8) is 0 Å². The van der Waals surface area contributed by atoms with Crippen molar-refractivity contribution in [1.82, 2.24) is 5.01 Å². The summed E-state index contributed by atoms with van der Waals surface area (Å²) in [6.07, 6.45) is 7.20. The number of hydrogen-bond acceptors (Lipinski definition) is 3. The Kier molecular flexibility index (Phi) is 10.4. The van der Waals surface area contributed by atoms with Crippen LogP contribution < -0.4 is 8.48 Å². The molecule has 1 aromatic carbocycles. The van der Waals surface area contributed by atoms with Gasteiger partial charge in [0, 0.05) is 0 Å². The zero-order valence-electron chi connectivity index (χ0n) is 18.5. The molecule has 0 spiro atoms. The molecule has 1 amide bonds. The number of unbranched alkanes of at least 4 members (excludes halogenated alkanes) is 2. The molecule has 0 heterocycles. The third-order valence-corrected chi connectivity index (χ3v) is 10.5. The SMILES string of the molecule is CCCCN(CCCC)c1ccc(C=NN(C)C(=O)CC)c[c]1[Sn]([CH3])([CH3])[CH3]. The Hall–Kier alpha value is -1.04. The van der Waals surface area contributed by atoms with Crippen LogP contribution in [0.25, 0.3) is 0 Å². The molecule has 4 nitrogen and oxygen atoms in total. The Morgan fingerprint density at radius 2 is 1.67 bits per heavy atom. The van der Waals surface area contributed by atoms with Crippen molar-refractivity contribution < 1.29 is 4.79 Å². The molecule has 1 rings (SSSR count). The molecule has 0 unspecified atom stereocenters. The van der Waals surface area contributed by atoms with Crippen LogP contribution in [-0.4, -0.2) is 55.6 Å². The molecule has 0 saturated heterocycles. The van der Waals surface area contributed by atoms with Gasteiger partial charge in [-0.05, 0) is 0 Å². The molecule has 27 heavy (non-hydrogen) atoms. The number of rotatable bonds is 11. The van der Waals surface area contributed by atoms with E-state index in [1.165, 1.54) is 36.4 Å². The summed E-state index contributed by atoms with van der Waals surface area (Å²) < 4.78 is 1.55. The molecule has 5 heteroatoms. The number of benzene rings is 1. The molecule has 0 aliphatic rings. The van der Waals surface area contributed by atoms with Crippen molar-refractivity contribution in [3.8, 4) is 0 Å². The van der Waals surface area contributed by atoms with Crippen LogP contribution in [-0.2, 0) is 4.79 Å². The van der Waals surface area contributed by atoms with Gasteiger partial charge in [0.15, 0.2) is 0 Å². The predicted molar refractivity (Wildman–Crippen MR) is 122 cm³/mol. The van der Waals surface area contributed by atoms with Gasteiger partial charge >= 0.3 is 171 Å². The van der Waals surface area contributed by atoms with Crippen molar-refractivity contribution >= 4 is 39.8 Å². The van der Waals surface area contributed by atoms with Crippen LogP contribution in [0.1, 0.15) is 58.4 Å². The van der Waals surface area contributed by atoms with Gasteiger partial charge in [0.1, 0.15) is 0 Å². The van der Waals surface area contributed by atoms with Gasteiger partial charge in [-0.1, -0.05) is 0 Å². The molecule has 0 radical (unpaired) electrons. The first-order valence-corrected chi connectivity index (χ1v) is 20.4. The van der Waals surface area contributed by atoms with E-state index in [1.807, 2.05) is 13.1 Å². The van der Waals surface area contributed by atoms with Crippen molar-refractivity contribution in [3.05, 3.63) is 23.8 Å². The summed E-state index contributed by atoms with van der Waals surface area (Å²) in [6, 6.07) is 6.75. The first-order chi connectivity index (χ1) is 12.7.